The van der Waals surface area contributed by atoms with Gasteiger partial charge in [0.1, 0.15) is 0 Å². The summed E-state index contributed by atoms with van der Waals surface area (Å²) in [6.45, 7) is 9.53. The highest BCUT2D eigenvalue weighted by atomic mass is 32.2. The van der Waals surface area contributed by atoms with E-state index in [1.165, 1.54) is 43.2 Å². The summed E-state index contributed by atoms with van der Waals surface area (Å²) >= 11 is 2.24. The van der Waals surface area contributed by atoms with Crippen LogP contribution in [0.5, 0.6) is 0 Å². The van der Waals surface area contributed by atoms with Gasteiger partial charge in [-0.2, -0.15) is 11.8 Å². The highest BCUT2D eigenvalue weighted by Crippen LogP contribution is 2.46. The molecule has 2 fully saturated rings. The third-order valence-electron chi connectivity index (χ3n) is 7.63. The molecule has 2 radical (unpaired) electrons. The number of hydrogen-bond donors (Lipinski definition) is 0. The number of nitrogens with zero attached hydrogens (tertiary/aromatic N) is 3. The van der Waals surface area contributed by atoms with Gasteiger partial charge in [0.05, 0.1) is 12.1 Å². The zero-order chi connectivity index (χ0) is 23.3. The Kier molecular flexibility index (Phi) is 7.86. The number of rotatable bonds is 8. The molecular weight excluding hydrogens is 434 g/mol. The zero-order valence-corrected chi connectivity index (χ0v) is 21.5. The van der Waals surface area contributed by atoms with Gasteiger partial charge in [-0.15, -0.1) is 0 Å². The molecule has 2 aliphatic heterocycles. The van der Waals surface area contributed by atoms with Crippen molar-refractivity contribution in [3.8, 4) is 0 Å². The van der Waals surface area contributed by atoms with Gasteiger partial charge in [0.25, 0.3) is 0 Å². The molecule has 1 aliphatic carbocycles. The Morgan fingerprint density at radius 1 is 0.794 bits per heavy atom. The van der Waals surface area contributed by atoms with E-state index in [0.717, 1.165) is 24.6 Å². The van der Waals surface area contributed by atoms with Crippen LogP contribution in [0.3, 0.4) is 0 Å². The largest absolute Gasteiger partial charge is 0.344 e. The number of hydrogen-bond acceptors (Lipinski definition) is 4. The predicted molar refractivity (Wildman–Crippen MR) is 143 cm³/mol. The Hall–Kier alpha value is -1.91. The Labute approximate surface area is 211 Å². The van der Waals surface area contributed by atoms with Gasteiger partial charge in [-0.1, -0.05) is 93.8 Å². The van der Waals surface area contributed by atoms with Crippen molar-refractivity contribution in [2.75, 3.05) is 6.54 Å². The van der Waals surface area contributed by atoms with Crippen LogP contribution in [0.4, 0.5) is 0 Å². The van der Waals surface area contributed by atoms with Gasteiger partial charge < -0.3 is 4.90 Å². The molecule has 0 N–H and O–H groups in total. The van der Waals surface area contributed by atoms with E-state index in [0.29, 0.717) is 23.3 Å². The Bertz CT molecular complexity index is 862. The molecule has 2 heterocycles. The molecule has 3 nitrogen and oxygen atoms in total. The van der Waals surface area contributed by atoms with Gasteiger partial charge in [-0.3, -0.25) is 5.01 Å². The van der Waals surface area contributed by atoms with Crippen LogP contribution < -0.4 is 0 Å². The molecule has 34 heavy (non-hydrogen) atoms. The molecule has 180 valence electrons. The van der Waals surface area contributed by atoms with Crippen molar-refractivity contribution in [3.63, 3.8) is 0 Å². The molecular formula is C30H39N3S. The third kappa shape index (κ3) is 5.49. The minimum absolute atomic E-state index is 0.362. The summed E-state index contributed by atoms with van der Waals surface area (Å²) in [4.78, 5) is 2.31. The van der Waals surface area contributed by atoms with Crippen LogP contribution in [0.15, 0.2) is 73.1 Å². The van der Waals surface area contributed by atoms with E-state index in [4.69, 9.17) is 0 Å². The lowest BCUT2D eigenvalue weighted by Gasteiger charge is -2.38. The molecule has 3 aliphatic rings. The summed E-state index contributed by atoms with van der Waals surface area (Å²) in [5, 5.41) is 6.28. The summed E-state index contributed by atoms with van der Waals surface area (Å²) in [7, 11) is 0. The first-order valence-corrected chi connectivity index (χ1v) is 14.2. The monoisotopic (exact) mass is 473 g/mol. The maximum absolute atomic E-state index is 3.72. The fourth-order valence-electron chi connectivity index (χ4n) is 5.71. The van der Waals surface area contributed by atoms with Crippen LogP contribution in [-0.4, -0.2) is 32.0 Å². The summed E-state index contributed by atoms with van der Waals surface area (Å²) in [5.41, 5.74) is 2.78. The van der Waals surface area contributed by atoms with Crippen LogP contribution in [-0.2, 0) is 0 Å². The van der Waals surface area contributed by atoms with Crippen molar-refractivity contribution in [2.24, 2.45) is 5.92 Å². The second-order valence-electron chi connectivity index (χ2n) is 10.4. The highest BCUT2D eigenvalue weighted by molar-refractivity contribution is 8.00. The lowest BCUT2D eigenvalue weighted by molar-refractivity contribution is -0.0143. The average Bonchev–Trinajstić information content (AvgIpc) is 3.52. The van der Waals surface area contributed by atoms with Crippen LogP contribution in [0, 0.1) is 12.6 Å². The van der Waals surface area contributed by atoms with Crippen molar-refractivity contribution >= 4 is 11.8 Å². The second-order valence-corrected chi connectivity index (χ2v) is 11.9. The highest BCUT2D eigenvalue weighted by Gasteiger charge is 2.40. The lowest BCUT2D eigenvalue weighted by Crippen LogP contribution is -2.40. The summed E-state index contributed by atoms with van der Waals surface area (Å²) in [6.07, 6.45) is 13.8. The SMILES string of the molecule is CC(C)[C@H](CN1[C]N(N2[C@H](c3ccccc3)CC[C@H]2c2ccccc2)C=C1)SC1CCCCC1. The van der Waals surface area contributed by atoms with Crippen LogP contribution >= 0.6 is 11.8 Å². The van der Waals surface area contributed by atoms with Gasteiger partial charge >= 0.3 is 0 Å². The summed E-state index contributed by atoms with van der Waals surface area (Å²) < 4.78 is 0. The van der Waals surface area contributed by atoms with Crippen LogP contribution in [0.2, 0.25) is 0 Å². The first kappa shape index (κ1) is 23.8. The van der Waals surface area contributed by atoms with E-state index >= 15 is 0 Å². The topological polar surface area (TPSA) is 9.72 Å². The molecule has 5 rings (SSSR count). The molecule has 4 heteroatoms. The normalized spacial score (nSPS) is 24.9. The van der Waals surface area contributed by atoms with E-state index in [2.05, 4.69) is 120 Å². The fourth-order valence-corrected chi connectivity index (χ4v) is 7.37. The minimum atomic E-state index is 0.362. The van der Waals surface area contributed by atoms with Crippen molar-refractivity contribution in [1.82, 2.24) is 14.9 Å². The van der Waals surface area contributed by atoms with Gasteiger partial charge in [0, 0.05) is 29.4 Å². The van der Waals surface area contributed by atoms with Crippen molar-refractivity contribution in [3.05, 3.63) is 90.9 Å². The molecule has 1 saturated carbocycles. The fraction of sp³-hybridized carbons (Fsp3) is 0.500. The molecule has 2 aromatic rings. The van der Waals surface area contributed by atoms with Gasteiger partial charge in [-0.25, -0.2) is 5.01 Å². The summed E-state index contributed by atoms with van der Waals surface area (Å²) in [6, 6.07) is 22.7. The number of thioether (sulfide) groups is 1. The minimum Gasteiger partial charge on any atom is -0.344 e. The molecule has 1 saturated heterocycles. The molecule has 0 aromatic heterocycles. The van der Waals surface area contributed by atoms with Crippen molar-refractivity contribution in [2.45, 2.75) is 81.4 Å². The van der Waals surface area contributed by atoms with Crippen molar-refractivity contribution < 1.29 is 0 Å². The van der Waals surface area contributed by atoms with Crippen molar-refractivity contribution in [1.29, 1.82) is 0 Å². The summed E-state index contributed by atoms with van der Waals surface area (Å²) in [5.74, 6) is 0.664. The van der Waals surface area contributed by atoms with Crippen LogP contribution in [0.25, 0.3) is 0 Å². The number of hydrazine groups is 1. The maximum Gasteiger partial charge on any atom is 0.224 e. The van der Waals surface area contributed by atoms with E-state index in [1.807, 2.05) is 0 Å². The van der Waals surface area contributed by atoms with E-state index < -0.39 is 0 Å². The quantitative estimate of drug-likeness (QED) is 0.389. The van der Waals surface area contributed by atoms with E-state index in [1.54, 1.807) is 0 Å². The molecule has 0 amide bonds. The second kappa shape index (κ2) is 11.2. The molecule has 0 bridgehead atoms. The molecule has 3 atom stereocenters. The van der Waals surface area contributed by atoms with Gasteiger partial charge in [-0.05, 0) is 42.7 Å². The Balaban J connectivity index is 1.30. The zero-order valence-electron chi connectivity index (χ0n) is 20.7. The Morgan fingerprint density at radius 2 is 1.38 bits per heavy atom. The standard InChI is InChI=1S/C30H39N3S/c1-24(2)30(34-27-16-10-5-11-17-27)22-31-20-21-32(23-31)33-28(25-12-6-3-7-13-25)18-19-29(33)26-14-8-4-9-15-26/h3-4,6-9,12-15,20-21,24,27-30H,5,10-11,16-19,22H2,1-2H3/t28-,29-,30-/m0/s1. The Morgan fingerprint density at radius 3 is 1.94 bits per heavy atom. The average molecular weight is 474 g/mol. The molecule has 2 aromatic carbocycles. The third-order valence-corrected chi connectivity index (χ3v) is 9.53. The maximum atomic E-state index is 3.72. The molecule has 0 spiro atoms. The van der Waals surface area contributed by atoms with Gasteiger partial charge in [0.2, 0.25) is 6.67 Å². The number of benzene rings is 2. The van der Waals surface area contributed by atoms with E-state index in [9.17, 15) is 0 Å². The lowest BCUT2D eigenvalue weighted by atomic mass is 10.0. The van der Waals surface area contributed by atoms with Gasteiger partial charge in [0.15, 0.2) is 0 Å². The van der Waals surface area contributed by atoms with Crippen LogP contribution in [0.1, 0.15) is 82.0 Å². The first-order chi connectivity index (χ1) is 16.7. The predicted octanol–water partition coefficient (Wildman–Crippen LogP) is 7.66. The first-order valence-electron chi connectivity index (χ1n) is 13.2. The smallest absolute Gasteiger partial charge is 0.224 e. The van der Waals surface area contributed by atoms with E-state index in [-0.39, 0.29) is 0 Å². The molecule has 0 unspecified atom stereocenters.